The first-order valence-electron chi connectivity index (χ1n) is 5.82. The standard InChI is InChI=1S/C13H10BrN3O2S/c14-8-5-9(20-7-8)6-15-12-11(13(18)19)17-4-2-1-3-10(17)16-12/h1-5,7,15H,6H2,(H,18,19). The number of nitrogens with zero attached hydrogens (tertiary/aromatic N) is 2. The molecule has 0 spiro atoms. The number of fused-ring (bicyclic) bond motifs is 1. The number of halogens is 1. The first-order chi connectivity index (χ1) is 9.65. The summed E-state index contributed by atoms with van der Waals surface area (Å²) in [7, 11) is 0. The van der Waals surface area contributed by atoms with Gasteiger partial charge < -0.3 is 10.4 Å². The Kier molecular flexibility index (Phi) is 3.45. The van der Waals surface area contributed by atoms with Crippen LogP contribution in [0.2, 0.25) is 0 Å². The van der Waals surface area contributed by atoms with E-state index in [1.165, 1.54) is 0 Å². The third-order valence-corrected chi connectivity index (χ3v) is 4.48. The molecule has 20 heavy (non-hydrogen) atoms. The normalized spacial score (nSPS) is 10.8. The fraction of sp³-hybridized carbons (Fsp3) is 0.0769. The lowest BCUT2D eigenvalue weighted by Gasteiger charge is -2.02. The van der Waals surface area contributed by atoms with Crippen molar-refractivity contribution < 1.29 is 9.90 Å². The summed E-state index contributed by atoms with van der Waals surface area (Å²) in [5, 5.41) is 14.4. The van der Waals surface area contributed by atoms with E-state index in [2.05, 4.69) is 26.2 Å². The minimum atomic E-state index is -1.00. The quantitative estimate of drug-likeness (QED) is 0.755. The third-order valence-electron chi connectivity index (χ3n) is 2.78. The highest BCUT2D eigenvalue weighted by Gasteiger charge is 2.18. The lowest BCUT2D eigenvalue weighted by molar-refractivity contribution is 0.0690. The molecule has 3 aromatic rings. The Morgan fingerprint density at radius 3 is 3.05 bits per heavy atom. The Balaban J connectivity index is 1.94. The SMILES string of the molecule is O=C(O)c1c(NCc2cc(Br)cs2)nc2ccccn12. The molecule has 0 saturated heterocycles. The lowest BCUT2D eigenvalue weighted by atomic mass is 10.4. The molecule has 0 atom stereocenters. The highest BCUT2D eigenvalue weighted by atomic mass is 79.9. The van der Waals surface area contributed by atoms with Gasteiger partial charge in [-0.2, -0.15) is 0 Å². The Bertz CT molecular complexity index is 781. The summed E-state index contributed by atoms with van der Waals surface area (Å²) in [6.45, 7) is 0.542. The molecular weight excluding hydrogens is 342 g/mol. The largest absolute Gasteiger partial charge is 0.476 e. The van der Waals surface area contributed by atoms with Crippen LogP contribution in [0.25, 0.3) is 5.65 Å². The lowest BCUT2D eigenvalue weighted by Crippen LogP contribution is -2.07. The number of carboxylic acids is 1. The van der Waals surface area contributed by atoms with Gasteiger partial charge in [-0.05, 0) is 34.1 Å². The second-order valence-electron chi connectivity index (χ2n) is 4.13. The summed E-state index contributed by atoms with van der Waals surface area (Å²) < 4.78 is 2.59. The van der Waals surface area contributed by atoms with Gasteiger partial charge in [-0.3, -0.25) is 4.40 Å². The summed E-state index contributed by atoms with van der Waals surface area (Å²) in [5.41, 5.74) is 0.760. The van der Waals surface area contributed by atoms with E-state index in [1.54, 1.807) is 34.1 Å². The first kappa shape index (κ1) is 13.1. The maximum atomic E-state index is 11.4. The van der Waals surface area contributed by atoms with Crippen molar-refractivity contribution in [2.24, 2.45) is 0 Å². The van der Waals surface area contributed by atoms with Gasteiger partial charge in [0.15, 0.2) is 11.5 Å². The maximum Gasteiger partial charge on any atom is 0.356 e. The molecule has 0 fully saturated rings. The van der Waals surface area contributed by atoms with Crippen LogP contribution < -0.4 is 5.32 Å². The zero-order valence-electron chi connectivity index (χ0n) is 10.2. The highest BCUT2D eigenvalue weighted by molar-refractivity contribution is 9.10. The molecule has 0 radical (unpaired) electrons. The average Bonchev–Trinajstić information content (AvgIpc) is 2.99. The summed E-state index contributed by atoms with van der Waals surface area (Å²) in [6, 6.07) is 7.38. The minimum Gasteiger partial charge on any atom is -0.476 e. The number of rotatable bonds is 4. The van der Waals surface area contributed by atoms with Crippen LogP contribution in [0.1, 0.15) is 15.4 Å². The minimum absolute atomic E-state index is 0.149. The van der Waals surface area contributed by atoms with Crippen molar-refractivity contribution in [2.75, 3.05) is 5.32 Å². The van der Waals surface area contributed by atoms with Gasteiger partial charge in [0, 0.05) is 20.9 Å². The molecule has 2 N–H and O–H groups in total. The van der Waals surface area contributed by atoms with Crippen molar-refractivity contribution >= 4 is 44.7 Å². The molecule has 102 valence electrons. The van der Waals surface area contributed by atoms with Crippen LogP contribution in [0.5, 0.6) is 0 Å². The predicted octanol–water partition coefficient (Wildman–Crippen LogP) is 3.47. The van der Waals surface area contributed by atoms with Crippen LogP contribution in [0.15, 0.2) is 40.3 Å². The zero-order valence-corrected chi connectivity index (χ0v) is 12.6. The van der Waals surface area contributed by atoms with Crippen molar-refractivity contribution in [3.05, 3.63) is 50.9 Å². The number of carbonyl (C=O) groups is 1. The molecule has 5 nitrogen and oxygen atoms in total. The number of pyridine rings is 1. The molecule has 0 unspecified atom stereocenters. The molecular formula is C13H10BrN3O2S. The first-order valence-corrected chi connectivity index (χ1v) is 7.49. The van der Waals surface area contributed by atoms with E-state index in [1.807, 2.05) is 17.5 Å². The second kappa shape index (κ2) is 5.26. The second-order valence-corrected chi connectivity index (χ2v) is 6.04. The van der Waals surface area contributed by atoms with Gasteiger partial charge in [-0.25, -0.2) is 9.78 Å². The van der Waals surface area contributed by atoms with Crippen molar-refractivity contribution in [3.8, 4) is 0 Å². The molecule has 0 saturated carbocycles. The smallest absolute Gasteiger partial charge is 0.356 e. The van der Waals surface area contributed by atoms with Crippen LogP contribution in [0, 0.1) is 0 Å². The van der Waals surface area contributed by atoms with Gasteiger partial charge in [-0.15, -0.1) is 11.3 Å². The van der Waals surface area contributed by atoms with Gasteiger partial charge in [0.2, 0.25) is 0 Å². The van der Waals surface area contributed by atoms with Gasteiger partial charge in [0.1, 0.15) is 5.65 Å². The van der Waals surface area contributed by atoms with Gasteiger partial charge in [0.05, 0.1) is 6.54 Å². The Morgan fingerprint density at radius 1 is 1.50 bits per heavy atom. The van der Waals surface area contributed by atoms with Crippen LogP contribution >= 0.6 is 27.3 Å². The van der Waals surface area contributed by atoms with Crippen molar-refractivity contribution in [1.82, 2.24) is 9.38 Å². The Hall–Kier alpha value is -1.86. The third kappa shape index (κ3) is 2.41. The summed E-state index contributed by atoms with van der Waals surface area (Å²) in [5.74, 6) is -0.619. The number of hydrogen-bond acceptors (Lipinski definition) is 4. The van der Waals surface area contributed by atoms with E-state index in [0.29, 0.717) is 18.0 Å². The number of anilines is 1. The number of imidazole rings is 1. The van der Waals surface area contributed by atoms with Crippen molar-refractivity contribution in [2.45, 2.75) is 6.54 Å². The number of thiophene rings is 1. The topological polar surface area (TPSA) is 66.6 Å². The van der Waals surface area contributed by atoms with Gasteiger partial charge in [0.25, 0.3) is 0 Å². The molecule has 0 aliphatic rings. The molecule has 0 aliphatic carbocycles. The van der Waals surface area contributed by atoms with Crippen molar-refractivity contribution in [1.29, 1.82) is 0 Å². The van der Waals surface area contributed by atoms with Crippen LogP contribution in [0.4, 0.5) is 5.82 Å². The molecule has 0 bridgehead atoms. The fourth-order valence-electron chi connectivity index (χ4n) is 1.94. The summed E-state index contributed by atoms with van der Waals surface area (Å²) >= 11 is 4.99. The molecule has 0 aromatic carbocycles. The summed E-state index contributed by atoms with van der Waals surface area (Å²) in [6.07, 6.45) is 1.69. The monoisotopic (exact) mass is 351 g/mol. The average molecular weight is 352 g/mol. The number of aromatic nitrogens is 2. The molecule has 3 aromatic heterocycles. The maximum absolute atomic E-state index is 11.4. The van der Waals surface area contributed by atoms with Gasteiger partial charge >= 0.3 is 5.97 Å². The summed E-state index contributed by atoms with van der Waals surface area (Å²) in [4.78, 5) is 16.8. The molecule has 3 rings (SSSR count). The molecule has 0 aliphatic heterocycles. The van der Waals surface area contributed by atoms with Crippen LogP contribution in [-0.4, -0.2) is 20.5 Å². The predicted molar refractivity (Wildman–Crippen MR) is 81.5 cm³/mol. The highest BCUT2D eigenvalue weighted by Crippen LogP contribution is 2.22. The Labute approximate surface area is 127 Å². The van der Waals surface area contributed by atoms with E-state index in [0.717, 1.165) is 9.35 Å². The molecule has 7 heteroatoms. The zero-order chi connectivity index (χ0) is 14.1. The Morgan fingerprint density at radius 2 is 2.35 bits per heavy atom. The number of hydrogen-bond donors (Lipinski definition) is 2. The number of nitrogens with one attached hydrogen (secondary N) is 1. The van der Waals surface area contributed by atoms with E-state index < -0.39 is 5.97 Å². The van der Waals surface area contributed by atoms with E-state index in [9.17, 15) is 9.90 Å². The van der Waals surface area contributed by atoms with Crippen molar-refractivity contribution in [3.63, 3.8) is 0 Å². The van der Waals surface area contributed by atoms with E-state index in [-0.39, 0.29) is 5.69 Å². The van der Waals surface area contributed by atoms with E-state index >= 15 is 0 Å². The van der Waals surface area contributed by atoms with Crippen LogP contribution in [0.3, 0.4) is 0 Å². The van der Waals surface area contributed by atoms with E-state index in [4.69, 9.17) is 0 Å². The van der Waals surface area contributed by atoms with Crippen LogP contribution in [-0.2, 0) is 6.54 Å². The number of aromatic carboxylic acids is 1. The molecule has 0 amide bonds. The number of carboxylic acid groups (broad SMARTS) is 1. The molecule has 3 heterocycles. The fourth-order valence-corrected chi connectivity index (χ4v) is 3.33. The van der Waals surface area contributed by atoms with Gasteiger partial charge in [-0.1, -0.05) is 6.07 Å².